The fraction of sp³-hybridized carbons (Fsp3) is 0.738. The monoisotopic (exact) mass is 944 g/mol. The Morgan fingerprint density at radius 3 is 1.38 bits per heavy atom. The Bertz CT molecular complexity index is 1710. The fourth-order valence-corrected chi connectivity index (χ4v) is 6.06. The van der Waals surface area contributed by atoms with Gasteiger partial charge in [0.05, 0.1) is 25.6 Å². The van der Waals surface area contributed by atoms with Crippen LogP contribution in [-0.4, -0.2) is 148 Å². The van der Waals surface area contributed by atoms with Crippen LogP contribution in [0.25, 0.3) is 0 Å². The Morgan fingerprint density at radius 2 is 0.939 bits per heavy atom. The number of aliphatic hydroxyl groups is 1. The summed E-state index contributed by atoms with van der Waals surface area (Å²) in [5.74, 6) is -11.1. The predicted molar refractivity (Wildman–Crippen MR) is 237 cm³/mol. The van der Waals surface area contributed by atoms with Crippen molar-refractivity contribution in [3.8, 4) is 0 Å². The van der Waals surface area contributed by atoms with Crippen molar-refractivity contribution in [2.45, 2.75) is 163 Å². The van der Waals surface area contributed by atoms with E-state index < -0.39 is 150 Å². The van der Waals surface area contributed by atoms with Crippen molar-refractivity contribution in [3.63, 3.8) is 0 Å². The molecule has 0 aromatic heterocycles. The van der Waals surface area contributed by atoms with Gasteiger partial charge in [-0.3, -0.25) is 47.9 Å². The van der Waals surface area contributed by atoms with Gasteiger partial charge in [0, 0.05) is 6.42 Å². The molecule has 0 aromatic rings. The number of nitrogens with one attached hydrogen (secondary N) is 9. The molecular weight excluding hydrogens is 869 g/mol. The van der Waals surface area contributed by atoms with Gasteiger partial charge in [0.2, 0.25) is 47.3 Å². The van der Waals surface area contributed by atoms with Crippen molar-refractivity contribution in [1.29, 1.82) is 0 Å². The standard InChI is InChI=1S/C42H74N10O14/c1-12-21(7)32(49-28(54)17-44-35(58)23(9)46-36(59)24(10)47-37(60)26(43)14-15-30(56)57)39(62)45-18-29(55)50-33(22(8)13-2)40(63)48-27(16-19(3)4)38(61)52-34(25(11)53)41(64)51-31(20(5)6)42(65)66/h19-27,31-34,53H,12-18,43H2,1-11H3,(H,44,58)(H,45,62)(H,46,59)(H,47,60)(H,48,63)(H,49,54)(H,50,55)(H,51,64)(H,52,61)(H,56,57)(H,65,66)/p+1/t21-,22-,23-,24-,25+,26-,27-,31-,32-,33-,34-/m0/s1. The van der Waals surface area contributed by atoms with Gasteiger partial charge < -0.3 is 68.9 Å². The average molecular weight is 944 g/mol. The van der Waals surface area contributed by atoms with E-state index >= 15 is 0 Å². The molecule has 0 rings (SSSR count). The zero-order valence-corrected chi connectivity index (χ0v) is 40.0. The summed E-state index contributed by atoms with van der Waals surface area (Å²) in [4.78, 5) is 140. The first-order valence-corrected chi connectivity index (χ1v) is 22.2. The molecule has 0 spiro atoms. The number of hydrogen-bond donors (Lipinski definition) is 13. The summed E-state index contributed by atoms with van der Waals surface area (Å²) in [6, 6.07) is -9.71. The van der Waals surface area contributed by atoms with Gasteiger partial charge >= 0.3 is 11.9 Å². The first-order chi connectivity index (χ1) is 30.6. The number of carboxylic acids is 2. The minimum Gasteiger partial charge on any atom is -0.481 e. The lowest BCUT2D eigenvalue weighted by Crippen LogP contribution is -2.68. The lowest BCUT2D eigenvalue weighted by Gasteiger charge is -2.29. The molecule has 0 aliphatic heterocycles. The predicted octanol–water partition coefficient (Wildman–Crippen LogP) is -3.61. The third-order valence-electron chi connectivity index (χ3n) is 10.7. The van der Waals surface area contributed by atoms with E-state index in [-0.39, 0.29) is 25.2 Å². The maximum absolute atomic E-state index is 13.7. The molecule has 66 heavy (non-hydrogen) atoms. The normalized spacial score (nSPS) is 16.2. The van der Waals surface area contributed by atoms with Crippen molar-refractivity contribution >= 4 is 65.1 Å². The Labute approximate surface area is 385 Å². The van der Waals surface area contributed by atoms with E-state index in [0.29, 0.717) is 12.8 Å². The fourth-order valence-electron chi connectivity index (χ4n) is 6.06. The smallest absolute Gasteiger partial charge is 0.326 e. The molecular formula is C42H75N10O14+. The van der Waals surface area contributed by atoms with Crippen molar-refractivity contribution in [3.05, 3.63) is 0 Å². The Balaban J connectivity index is 5.65. The zero-order chi connectivity index (χ0) is 51.2. The van der Waals surface area contributed by atoms with Gasteiger partial charge in [-0.25, -0.2) is 4.79 Å². The highest BCUT2D eigenvalue weighted by Crippen LogP contribution is 2.13. The van der Waals surface area contributed by atoms with Gasteiger partial charge in [-0.2, -0.15) is 0 Å². The average Bonchev–Trinajstić information content (AvgIpc) is 3.23. The number of carbonyl (C=O) groups excluding carboxylic acids is 9. The third kappa shape index (κ3) is 21.8. The summed E-state index contributed by atoms with van der Waals surface area (Å²) in [5, 5.41) is 50.7. The van der Waals surface area contributed by atoms with Gasteiger partial charge in [0.25, 0.3) is 5.91 Å². The Kier molecular flexibility index (Phi) is 26.9. The second-order valence-electron chi connectivity index (χ2n) is 17.4. The van der Waals surface area contributed by atoms with Crippen LogP contribution in [0.2, 0.25) is 0 Å². The molecule has 0 aliphatic rings. The third-order valence-corrected chi connectivity index (χ3v) is 10.7. The van der Waals surface area contributed by atoms with E-state index in [1.165, 1.54) is 20.8 Å². The summed E-state index contributed by atoms with van der Waals surface area (Å²) in [6.07, 6.45) is -0.910. The molecule has 0 aliphatic carbocycles. The molecule has 0 saturated carbocycles. The number of rotatable bonds is 30. The van der Waals surface area contributed by atoms with Gasteiger partial charge in [0.15, 0.2) is 6.04 Å². The van der Waals surface area contributed by atoms with Gasteiger partial charge in [-0.05, 0) is 50.9 Å². The Morgan fingerprint density at radius 1 is 0.500 bits per heavy atom. The van der Waals surface area contributed by atoms with Crippen LogP contribution in [0.15, 0.2) is 0 Å². The molecule has 24 nitrogen and oxygen atoms in total. The lowest BCUT2D eigenvalue weighted by atomic mass is 9.96. The lowest BCUT2D eigenvalue weighted by molar-refractivity contribution is -0.405. The number of carbonyl (C=O) groups is 11. The molecule has 0 saturated heterocycles. The maximum Gasteiger partial charge on any atom is 0.326 e. The van der Waals surface area contributed by atoms with Crippen molar-refractivity contribution in [2.24, 2.45) is 23.7 Å². The number of carboxylic acid groups (broad SMARTS) is 2. The minimum absolute atomic E-state index is 0.0470. The molecule has 0 radical (unpaired) electrons. The number of quaternary nitrogens is 1. The van der Waals surface area contributed by atoms with Crippen LogP contribution in [0.5, 0.6) is 0 Å². The van der Waals surface area contributed by atoms with Crippen LogP contribution < -0.4 is 53.6 Å². The summed E-state index contributed by atoms with van der Waals surface area (Å²) in [5.41, 5.74) is 3.59. The van der Waals surface area contributed by atoms with E-state index in [9.17, 15) is 63.0 Å². The second-order valence-corrected chi connectivity index (χ2v) is 17.4. The SMILES string of the molecule is CC[C@H](C)[C@H](NC(=O)CNC(=O)[C@H](C)NC(=O)[C@H](C)NC(=O)[C@@H]([NH3+])CCC(=O)O)C(=O)NCC(=O)N[C@H](C(=O)N[C@@H](CC(C)C)C(=O)N[C@H](C(=O)N[C@H](C(=O)O)C(C)C)[C@@H](C)O)[C@@H](C)CC. The molecule has 0 aromatic carbocycles. The van der Waals surface area contributed by atoms with Crippen LogP contribution >= 0.6 is 0 Å². The van der Waals surface area contributed by atoms with E-state index in [4.69, 9.17) is 5.11 Å². The van der Waals surface area contributed by atoms with Crippen LogP contribution in [0, 0.1) is 23.7 Å². The van der Waals surface area contributed by atoms with E-state index in [1.807, 2.05) is 0 Å². The topological polar surface area (TPSA) is 384 Å². The molecule has 0 heterocycles. The van der Waals surface area contributed by atoms with Crippen molar-refractivity contribution in [2.75, 3.05) is 13.1 Å². The summed E-state index contributed by atoms with van der Waals surface area (Å²) in [6.45, 7) is 16.3. The summed E-state index contributed by atoms with van der Waals surface area (Å²) < 4.78 is 0. The van der Waals surface area contributed by atoms with Crippen molar-refractivity contribution < 1.29 is 73.8 Å². The van der Waals surface area contributed by atoms with Gasteiger partial charge in [-0.1, -0.05) is 68.2 Å². The largest absolute Gasteiger partial charge is 0.481 e. The highest BCUT2D eigenvalue weighted by Gasteiger charge is 2.36. The highest BCUT2D eigenvalue weighted by atomic mass is 16.4. The maximum atomic E-state index is 13.7. The molecule has 0 bridgehead atoms. The molecule has 11 atom stereocenters. The molecule has 0 fully saturated rings. The summed E-state index contributed by atoms with van der Waals surface area (Å²) in [7, 11) is 0. The zero-order valence-electron chi connectivity index (χ0n) is 40.0. The Hall–Kier alpha value is -5.91. The van der Waals surface area contributed by atoms with Crippen LogP contribution in [0.1, 0.15) is 108 Å². The second kappa shape index (κ2) is 29.6. The molecule has 0 unspecified atom stereocenters. The minimum atomic E-state index is -1.57. The number of aliphatic hydroxyl groups excluding tert-OH is 1. The number of amides is 9. The quantitative estimate of drug-likeness (QED) is 0.0331. The summed E-state index contributed by atoms with van der Waals surface area (Å²) >= 11 is 0. The van der Waals surface area contributed by atoms with Crippen molar-refractivity contribution in [1.82, 2.24) is 47.9 Å². The van der Waals surface area contributed by atoms with Crippen LogP contribution in [0.4, 0.5) is 0 Å². The van der Waals surface area contributed by atoms with Crippen LogP contribution in [0.3, 0.4) is 0 Å². The molecule has 9 amide bonds. The highest BCUT2D eigenvalue weighted by molar-refractivity contribution is 5.97. The van der Waals surface area contributed by atoms with Crippen LogP contribution in [-0.2, 0) is 52.7 Å². The van der Waals surface area contributed by atoms with E-state index in [2.05, 4.69) is 53.6 Å². The number of aliphatic carboxylic acids is 2. The van der Waals surface area contributed by atoms with E-state index in [1.54, 1.807) is 55.4 Å². The first kappa shape index (κ1) is 60.1. The van der Waals surface area contributed by atoms with Gasteiger partial charge in [-0.15, -0.1) is 0 Å². The molecule has 24 heteroatoms. The molecule has 15 N–H and O–H groups in total. The molecule has 376 valence electrons. The first-order valence-electron chi connectivity index (χ1n) is 22.2. The van der Waals surface area contributed by atoms with E-state index in [0.717, 1.165) is 0 Å². The van der Waals surface area contributed by atoms with Gasteiger partial charge in [0.1, 0.15) is 42.3 Å². The number of hydrogen-bond acceptors (Lipinski definition) is 12.